The third-order valence-electron chi connectivity index (χ3n) is 2.06. The van der Waals surface area contributed by atoms with Crippen molar-refractivity contribution in [2.24, 2.45) is 0 Å². The molecule has 0 aliphatic rings. The van der Waals surface area contributed by atoms with Crippen LogP contribution in [-0.2, 0) is 5.60 Å². The van der Waals surface area contributed by atoms with Gasteiger partial charge in [0, 0.05) is 5.56 Å². The minimum absolute atomic E-state index is 0.101. The fourth-order valence-corrected chi connectivity index (χ4v) is 1.04. The fourth-order valence-electron chi connectivity index (χ4n) is 1.04. The van der Waals surface area contributed by atoms with Crippen LogP contribution in [0.25, 0.3) is 0 Å². The summed E-state index contributed by atoms with van der Waals surface area (Å²) in [6.07, 6.45) is 0.557. The van der Waals surface area contributed by atoms with Gasteiger partial charge in [0.25, 0.3) is 0 Å². The average Bonchev–Trinajstić information content (AvgIpc) is 2.05. The van der Waals surface area contributed by atoms with E-state index in [2.05, 4.69) is 6.07 Å². The first-order valence-electron chi connectivity index (χ1n) is 4.00. The first-order valence-corrected chi connectivity index (χ1v) is 4.00. The van der Waals surface area contributed by atoms with Crippen LogP contribution in [0.1, 0.15) is 25.8 Å². The van der Waals surface area contributed by atoms with E-state index in [-0.39, 0.29) is 5.75 Å². The summed E-state index contributed by atoms with van der Waals surface area (Å²) in [7, 11) is 0. The molecule has 1 unspecified atom stereocenters. The van der Waals surface area contributed by atoms with Gasteiger partial charge in [0.1, 0.15) is 5.75 Å². The van der Waals surface area contributed by atoms with Crippen molar-refractivity contribution < 1.29 is 10.2 Å². The SMILES string of the molecule is CCC(C)(O)c1[c]cccc1O. The number of rotatable bonds is 2. The van der Waals surface area contributed by atoms with Gasteiger partial charge in [0.2, 0.25) is 0 Å². The maximum absolute atomic E-state index is 9.78. The number of hydrogen-bond donors (Lipinski definition) is 2. The molecule has 1 radical (unpaired) electrons. The Morgan fingerprint density at radius 3 is 2.75 bits per heavy atom. The van der Waals surface area contributed by atoms with Crippen LogP contribution >= 0.6 is 0 Å². The number of phenols is 1. The molecule has 0 fully saturated rings. The molecule has 0 heterocycles. The molecule has 1 aromatic rings. The van der Waals surface area contributed by atoms with Crippen LogP contribution < -0.4 is 0 Å². The van der Waals surface area contributed by atoms with Crippen molar-refractivity contribution in [1.29, 1.82) is 0 Å². The smallest absolute Gasteiger partial charge is 0.122 e. The van der Waals surface area contributed by atoms with Gasteiger partial charge in [-0.2, -0.15) is 0 Å². The minimum Gasteiger partial charge on any atom is -0.508 e. The molecular weight excluding hydrogens is 152 g/mol. The molecule has 2 heteroatoms. The fraction of sp³-hybridized carbons (Fsp3) is 0.400. The lowest BCUT2D eigenvalue weighted by molar-refractivity contribution is 0.0503. The van der Waals surface area contributed by atoms with Crippen molar-refractivity contribution in [3.05, 3.63) is 29.8 Å². The zero-order chi connectivity index (χ0) is 9.19. The van der Waals surface area contributed by atoms with Gasteiger partial charge in [-0.3, -0.25) is 0 Å². The Hall–Kier alpha value is -1.02. The monoisotopic (exact) mass is 165 g/mol. The van der Waals surface area contributed by atoms with E-state index in [4.69, 9.17) is 0 Å². The van der Waals surface area contributed by atoms with Gasteiger partial charge in [-0.05, 0) is 25.5 Å². The zero-order valence-corrected chi connectivity index (χ0v) is 7.33. The predicted octanol–water partition coefficient (Wildman–Crippen LogP) is 1.81. The molecule has 1 rings (SSSR count). The Kier molecular flexibility index (Phi) is 2.38. The summed E-state index contributed by atoms with van der Waals surface area (Å²) in [5.74, 6) is 0.101. The largest absolute Gasteiger partial charge is 0.508 e. The van der Waals surface area contributed by atoms with E-state index >= 15 is 0 Å². The number of phenolic OH excluding ortho intramolecular Hbond substituents is 1. The van der Waals surface area contributed by atoms with Crippen molar-refractivity contribution in [3.63, 3.8) is 0 Å². The van der Waals surface area contributed by atoms with Crippen molar-refractivity contribution in [1.82, 2.24) is 0 Å². The van der Waals surface area contributed by atoms with Gasteiger partial charge < -0.3 is 10.2 Å². The number of benzene rings is 1. The molecule has 12 heavy (non-hydrogen) atoms. The highest BCUT2D eigenvalue weighted by Gasteiger charge is 2.23. The highest BCUT2D eigenvalue weighted by molar-refractivity contribution is 5.35. The van der Waals surface area contributed by atoms with E-state index in [1.54, 1.807) is 25.1 Å². The van der Waals surface area contributed by atoms with Crippen molar-refractivity contribution in [3.8, 4) is 5.75 Å². The standard InChI is InChI=1S/C10H13O2/c1-3-10(2,12)8-6-4-5-7-9(8)11/h4-5,7,11-12H,3H2,1-2H3. The molecule has 65 valence electrons. The Balaban J connectivity index is 3.10. The summed E-state index contributed by atoms with van der Waals surface area (Å²) in [5.41, 5.74) is -0.516. The molecule has 1 aromatic carbocycles. The molecule has 0 saturated carbocycles. The van der Waals surface area contributed by atoms with Gasteiger partial charge in [-0.1, -0.05) is 19.1 Å². The average molecular weight is 165 g/mol. The molecule has 0 amide bonds. The zero-order valence-electron chi connectivity index (χ0n) is 7.33. The van der Waals surface area contributed by atoms with Gasteiger partial charge in [0.15, 0.2) is 0 Å². The van der Waals surface area contributed by atoms with Crippen LogP contribution in [0.5, 0.6) is 5.75 Å². The third-order valence-corrected chi connectivity index (χ3v) is 2.06. The van der Waals surface area contributed by atoms with E-state index in [1.165, 1.54) is 0 Å². The summed E-state index contributed by atoms with van der Waals surface area (Å²) >= 11 is 0. The van der Waals surface area contributed by atoms with Crippen LogP contribution in [0.2, 0.25) is 0 Å². The Morgan fingerprint density at radius 2 is 2.25 bits per heavy atom. The third kappa shape index (κ3) is 1.59. The lowest BCUT2D eigenvalue weighted by Crippen LogP contribution is -2.19. The maximum Gasteiger partial charge on any atom is 0.122 e. The summed E-state index contributed by atoms with van der Waals surface area (Å²) in [6, 6.07) is 7.74. The molecule has 0 spiro atoms. The molecule has 0 bridgehead atoms. The molecule has 1 atom stereocenters. The molecular formula is C10H13O2. The van der Waals surface area contributed by atoms with Crippen LogP contribution in [0.4, 0.5) is 0 Å². The topological polar surface area (TPSA) is 40.5 Å². The molecule has 2 N–H and O–H groups in total. The molecule has 0 aromatic heterocycles. The lowest BCUT2D eigenvalue weighted by Gasteiger charge is -2.22. The summed E-state index contributed by atoms with van der Waals surface area (Å²) in [5, 5.41) is 19.2. The maximum atomic E-state index is 9.78. The van der Waals surface area contributed by atoms with Crippen molar-refractivity contribution >= 4 is 0 Å². The van der Waals surface area contributed by atoms with Gasteiger partial charge in [0.05, 0.1) is 5.60 Å². The van der Waals surface area contributed by atoms with E-state index in [0.29, 0.717) is 12.0 Å². The van der Waals surface area contributed by atoms with Gasteiger partial charge >= 0.3 is 0 Å². The minimum atomic E-state index is -0.981. The molecule has 2 nitrogen and oxygen atoms in total. The predicted molar refractivity (Wildman–Crippen MR) is 46.8 cm³/mol. The van der Waals surface area contributed by atoms with E-state index in [0.717, 1.165) is 0 Å². The first-order chi connectivity index (χ1) is 5.58. The molecule has 0 saturated heterocycles. The highest BCUT2D eigenvalue weighted by Crippen LogP contribution is 2.30. The second kappa shape index (κ2) is 3.15. The highest BCUT2D eigenvalue weighted by atomic mass is 16.3. The Labute approximate surface area is 72.5 Å². The summed E-state index contributed by atoms with van der Waals surface area (Å²) in [4.78, 5) is 0. The molecule has 0 aliphatic heterocycles. The van der Waals surface area contributed by atoms with E-state index in [9.17, 15) is 10.2 Å². The van der Waals surface area contributed by atoms with Crippen LogP contribution in [0.15, 0.2) is 18.2 Å². The summed E-state index contributed by atoms with van der Waals surface area (Å²) in [6.45, 7) is 3.53. The Bertz CT molecular complexity index is 266. The second-order valence-corrected chi connectivity index (χ2v) is 3.06. The van der Waals surface area contributed by atoms with Crippen molar-refractivity contribution in [2.45, 2.75) is 25.9 Å². The van der Waals surface area contributed by atoms with Gasteiger partial charge in [-0.15, -0.1) is 0 Å². The van der Waals surface area contributed by atoms with Crippen LogP contribution in [0, 0.1) is 6.07 Å². The van der Waals surface area contributed by atoms with Gasteiger partial charge in [-0.25, -0.2) is 0 Å². The first kappa shape index (κ1) is 9.07. The molecule has 0 aliphatic carbocycles. The number of aliphatic hydroxyl groups is 1. The van der Waals surface area contributed by atoms with E-state index in [1.807, 2.05) is 6.92 Å². The summed E-state index contributed by atoms with van der Waals surface area (Å²) < 4.78 is 0. The van der Waals surface area contributed by atoms with Crippen molar-refractivity contribution in [2.75, 3.05) is 0 Å². The van der Waals surface area contributed by atoms with Crippen LogP contribution in [-0.4, -0.2) is 10.2 Å². The lowest BCUT2D eigenvalue weighted by atomic mass is 9.93. The normalized spacial score (nSPS) is 15.6. The van der Waals surface area contributed by atoms with Crippen LogP contribution in [0.3, 0.4) is 0 Å². The Morgan fingerprint density at radius 1 is 1.58 bits per heavy atom. The van der Waals surface area contributed by atoms with E-state index < -0.39 is 5.60 Å². The number of hydrogen-bond acceptors (Lipinski definition) is 2. The number of aromatic hydroxyl groups is 1. The second-order valence-electron chi connectivity index (χ2n) is 3.06. The quantitative estimate of drug-likeness (QED) is 0.701.